The standard InChI is InChI=1S/C10H16B2N2O6/c1-9(2)10(3,4)20-11(19-9)7-5-13-14(6-7,8(15)16)12(17)18/h5-6,17-18H,1-4H3/p+1. The average Bonchev–Trinajstić information content (AvgIpc) is 2.80. The minimum atomic E-state index is -2.20. The normalized spacial score (nSPS) is 30.5. The van der Waals surface area contributed by atoms with E-state index in [9.17, 15) is 14.8 Å². The molecule has 108 valence electrons. The van der Waals surface area contributed by atoms with Crippen LogP contribution in [-0.4, -0.2) is 57.5 Å². The Morgan fingerprint density at radius 3 is 2.15 bits per heavy atom. The van der Waals surface area contributed by atoms with Crippen LogP contribution in [0.1, 0.15) is 27.7 Å². The van der Waals surface area contributed by atoms with Crippen LogP contribution in [0.3, 0.4) is 0 Å². The second-order valence-electron chi connectivity index (χ2n) is 5.83. The molecule has 0 aromatic heterocycles. The fourth-order valence-corrected chi connectivity index (χ4v) is 1.89. The Morgan fingerprint density at radius 2 is 1.80 bits per heavy atom. The van der Waals surface area contributed by atoms with Crippen molar-refractivity contribution in [3.8, 4) is 0 Å². The van der Waals surface area contributed by atoms with Crippen LogP contribution in [0.2, 0.25) is 0 Å². The van der Waals surface area contributed by atoms with Gasteiger partial charge in [-0.25, -0.2) is 0 Å². The van der Waals surface area contributed by atoms with Gasteiger partial charge in [0.15, 0.2) is 0 Å². The highest BCUT2D eigenvalue weighted by atomic mass is 16.7. The van der Waals surface area contributed by atoms with Crippen LogP contribution in [0, 0.1) is 0 Å². The Hall–Kier alpha value is -1.19. The van der Waals surface area contributed by atoms with Crippen molar-refractivity contribution in [3.05, 3.63) is 11.7 Å². The molecule has 0 radical (unpaired) electrons. The molecule has 0 saturated carbocycles. The molecule has 0 aromatic carbocycles. The van der Waals surface area contributed by atoms with Gasteiger partial charge in [-0.1, -0.05) is 9.60 Å². The molecule has 2 heterocycles. The summed E-state index contributed by atoms with van der Waals surface area (Å²) in [7, 11) is -3.01. The number of quaternary nitrogens is 1. The van der Waals surface area contributed by atoms with Gasteiger partial charge in [-0.05, 0) is 27.7 Å². The Bertz CT molecular complexity index is 488. The fourth-order valence-electron chi connectivity index (χ4n) is 1.89. The Balaban J connectivity index is 2.30. The summed E-state index contributed by atoms with van der Waals surface area (Å²) < 4.78 is 10.1. The molecule has 1 atom stereocenters. The Labute approximate surface area is 117 Å². The summed E-state index contributed by atoms with van der Waals surface area (Å²) in [6.07, 6.45) is 0.799. The molecule has 0 aliphatic carbocycles. The number of hydrogen-bond acceptors (Lipinski definition) is 6. The lowest BCUT2D eigenvalue weighted by atomic mass is 9.79. The number of carboxylic acid groups (broad SMARTS) is 1. The summed E-state index contributed by atoms with van der Waals surface area (Å²) in [5, 5.41) is 31.3. The van der Waals surface area contributed by atoms with Crippen molar-refractivity contribution in [3.63, 3.8) is 0 Å². The van der Waals surface area contributed by atoms with E-state index in [1.165, 1.54) is 6.21 Å². The summed E-state index contributed by atoms with van der Waals surface area (Å²) in [6, 6.07) is 0. The van der Waals surface area contributed by atoms with Gasteiger partial charge in [0.2, 0.25) is 0 Å². The molecule has 2 aliphatic heterocycles. The van der Waals surface area contributed by atoms with Gasteiger partial charge in [-0.15, -0.1) is 0 Å². The first-order valence-electron chi connectivity index (χ1n) is 6.14. The predicted octanol–water partition coefficient (Wildman–Crippen LogP) is -0.0346. The van der Waals surface area contributed by atoms with E-state index in [0.717, 1.165) is 6.20 Å². The van der Waals surface area contributed by atoms with E-state index in [2.05, 4.69) is 5.10 Å². The maximum absolute atomic E-state index is 11.2. The summed E-state index contributed by atoms with van der Waals surface area (Å²) in [6.45, 7) is 7.44. The Morgan fingerprint density at radius 1 is 1.30 bits per heavy atom. The van der Waals surface area contributed by atoms with Gasteiger partial charge in [0, 0.05) is 0 Å². The van der Waals surface area contributed by atoms with Gasteiger partial charge in [0.05, 0.1) is 22.9 Å². The monoisotopic (exact) mass is 283 g/mol. The minimum Gasteiger partial charge on any atom is -0.435 e. The molecule has 8 nitrogen and oxygen atoms in total. The van der Waals surface area contributed by atoms with Crippen LogP contribution >= 0.6 is 0 Å². The van der Waals surface area contributed by atoms with Crippen molar-refractivity contribution in [2.45, 2.75) is 38.9 Å². The molecular formula is C10H17B2N2O6+. The summed E-state index contributed by atoms with van der Waals surface area (Å²) in [4.78, 5) is 11.2. The molecule has 10 heteroatoms. The number of carbonyl (C=O) groups is 1. The van der Waals surface area contributed by atoms with Crippen molar-refractivity contribution in [2.75, 3.05) is 0 Å². The average molecular weight is 283 g/mol. The molecule has 0 spiro atoms. The van der Waals surface area contributed by atoms with Crippen LogP contribution in [-0.2, 0) is 9.31 Å². The molecule has 0 bridgehead atoms. The molecule has 3 N–H and O–H groups in total. The van der Waals surface area contributed by atoms with E-state index >= 15 is 0 Å². The van der Waals surface area contributed by atoms with E-state index in [-0.39, 0.29) is 0 Å². The van der Waals surface area contributed by atoms with E-state index in [0.29, 0.717) is 5.47 Å². The lowest BCUT2D eigenvalue weighted by Crippen LogP contribution is -2.53. The molecule has 1 amide bonds. The zero-order valence-electron chi connectivity index (χ0n) is 11.8. The molecule has 1 fully saturated rings. The smallest absolute Gasteiger partial charge is 0.435 e. The van der Waals surface area contributed by atoms with Crippen molar-refractivity contribution < 1.29 is 33.8 Å². The zero-order valence-corrected chi connectivity index (χ0v) is 11.8. The lowest BCUT2D eigenvalue weighted by molar-refractivity contribution is -0.716. The number of hydrogen-bond donors (Lipinski definition) is 3. The van der Waals surface area contributed by atoms with Gasteiger partial charge < -0.3 is 24.5 Å². The van der Waals surface area contributed by atoms with Crippen LogP contribution in [0.15, 0.2) is 16.8 Å². The summed E-state index contributed by atoms with van der Waals surface area (Å²) >= 11 is 0. The van der Waals surface area contributed by atoms with Crippen molar-refractivity contribution in [1.82, 2.24) is 0 Å². The maximum Gasteiger partial charge on any atom is 0.798 e. The molecule has 2 aliphatic rings. The fraction of sp³-hybridized carbons (Fsp3) is 0.600. The topological polar surface area (TPSA) is 109 Å². The van der Waals surface area contributed by atoms with Gasteiger partial charge in [-0.2, -0.15) is 4.79 Å². The van der Waals surface area contributed by atoms with Crippen molar-refractivity contribution in [2.24, 2.45) is 5.10 Å². The summed E-state index contributed by atoms with van der Waals surface area (Å²) in [5.74, 6) is 0. The van der Waals surface area contributed by atoms with Crippen molar-refractivity contribution >= 4 is 26.7 Å². The third-order valence-electron chi connectivity index (χ3n) is 3.93. The second kappa shape index (κ2) is 4.40. The number of amides is 1. The second-order valence-corrected chi connectivity index (χ2v) is 5.83. The molecule has 2 rings (SSSR count). The predicted molar refractivity (Wildman–Crippen MR) is 71.1 cm³/mol. The highest BCUT2D eigenvalue weighted by molar-refractivity contribution is 6.60. The van der Waals surface area contributed by atoms with Gasteiger partial charge in [0.25, 0.3) is 0 Å². The first-order chi connectivity index (χ1) is 9.02. The van der Waals surface area contributed by atoms with E-state index in [1.54, 1.807) is 0 Å². The zero-order chi connectivity index (χ0) is 15.3. The van der Waals surface area contributed by atoms with Crippen molar-refractivity contribution in [1.29, 1.82) is 0 Å². The van der Waals surface area contributed by atoms with Crippen LogP contribution in [0.25, 0.3) is 0 Å². The first-order valence-corrected chi connectivity index (χ1v) is 6.14. The quantitative estimate of drug-likeness (QED) is 0.614. The number of rotatable bonds is 2. The SMILES string of the molecule is CC1(C)OB(C2=C[N+](B(O)O)(C(=O)O)N=C2)OC1(C)C. The highest BCUT2D eigenvalue weighted by Crippen LogP contribution is 2.39. The molecule has 0 aromatic rings. The third-order valence-corrected chi connectivity index (χ3v) is 3.93. The lowest BCUT2D eigenvalue weighted by Gasteiger charge is -2.32. The number of allylic oxidation sites excluding steroid dienone is 1. The van der Waals surface area contributed by atoms with Gasteiger partial charge >= 0.3 is 20.5 Å². The van der Waals surface area contributed by atoms with Gasteiger partial charge in [0.1, 0.15) is 6.20 Å². The number of nitrogens with zero attached hydrogens (tertiary/aromatic N) is 2. The molecule has 1 saturated heterocycles. The largest absolute Gasteiger partial charge is 0.798 e. The van der Waals surface area contributed by atoms with E-state index in [4.69, 9.17) is 14.4 Å². The van der Waals surface area contributed by atoms with Crippen LogP contribution in [0.5, 0.6) is 0 Å². The molecular weight excluding hydrogens is 266 g/mol. The van der Waals surface area contributed by atoms with E-state index < -0.39 is 36.2 Å². The molecule has 1 unspecified atom stereocenters. The third kappa shape index (κ3) is 2.09. The Kier molecular flexibility index (Phi) is 3.35. The summed E-state index contributed by atoms with van der Waals surface area (Å²) in [5.41, 5.74) is -0.823. The highest BCUT2D eigenvalue weighted by Gasteiger charge is 2.58. The minimum absolute atomic E-state index is 0.333. The van der Waals surface area contributed by atoms with Gasteiger partial charge in [-0.3, -0.25) is 0 Å². The first kappa shape index (κ1) is 15.2. The van der Waals surface area contributed by atoms with Crippen LogP contribution in [0.4, 0.5) is 4.79 Å². The van der Waals surface area contributed by atoms with Crippen LogP contribution < -0.4 is 0 Å². The maximum atomic E-state index is 11.2. The molecule has 20 heavy (non-hydrogen) atoms. The van der Waals surface area contributed by atoms with E-state index in [1.807, 2.05) is 27.7 Å².